The van der Waals surface area contributed by atoms with E-state index < -0.39 is 4.92 Å². The summed E-state index contributed by atoms with van der Waals surface area (Å²) >= 11 is 5.77. The second-order valence-corrected chi connectivity index (χ2v) is 8.76. The first kappa shape index (κ1) is 22.8. The molecule has 4 heterocycles. The molecule has 186 valence electrons. The van der Waals surface area contributed by atoms with E-state index in [1.807, 2.05) is 53.4 Å². The average molecular weight is 517 g/mol. The van der Waals surface area contributed by atoms with Gasteiger partial charge in [0.2, 0.25) is 6.79 Å². The fourth-order valence-corrected chi connectivity index (χ4v) is 4.96. The van der Waals surface area contributed by atoms with Crippen LogP contribution in [0.15, 0.2) is 77.3 Å². The van der Waals surface area contributed by atoms with Gasteiger partial charge in [-0.1, -0.05) is 6.07 Å². The summed E-state index contributed by atoms with van der Waals surface area (Å²) in [5, 5.41) is 15.1. The summed E-state index contributed by atoms with van der Waals surface area (Å²) in [5.41, 5.74) is 2.12. The molecule has 11 heteroatoms. The standard InChI is InChI=1S/C26H20N4O6S/c1-33-22-13-16(30(31)32)5-7-17(22)19-9-10-21(36-19)25-24(18-4-2-3-11-27-18)28-26(37)29(25)15-6-8-20-23(12-15)35-14-34-20/h2-13,24-25H,14H2,1H3,(H,28,37)/t24-,25-/m0/s1. The third kappa shape index (κ3) is 3.99. The summed E-state index contributed by atoms with van der Waals surface area (Å²) in [4.78, 5) is 17.3. The molecule has 37 heavy (non-hydrogen) atoms. The van der Waals surface area contributed by atoms with E-state index in [4.69, 9.17) is 30.8 Å². The van der Waals surface area contributed by atoms with E-state index in [9.17, 15) is 10.1 Å². The van der Waals surface area contributed by atoms with Crippen molar-refractivity contribution >= 4 is 28.7 Å². The second kappa shape index (κ2) is 9.10. The zero-order valence-electron chi connectivity index (χ0n) is 19.5. The summed E-state index contributed by atoms with van der Waals surface area (Å²) in [7, 11) is 1.46. The molecule has 2 atom stereocenters. The lowest BCUT2D eigenvalue weighted by atomic mass is 10.0. The van der Waals surface area contributed by atoms with Gasteiger partial charge in [0, 0.05) is 24.0 Å². The Morgan fingerprint density at radius 3 is 2.76 bits per heavy atom. The molecule has 6 rings (SSSR count). The number of non-ortho nitro benzene ring substituents is 1. The highest BCUT2D eigenvalue weighted by Gasteiger charge is 2.43. The number of furan rings is 1. The third-order valence-electron chi connectivity index (χ3n) is 6.31. The van der Waals surface area contributed by atoms with Gasteiger partial charge in [0.15, 0.2) is 16.6 Å². The van der Waals surface area contributed by atoms with Crippen molar-refractivity contribution in [1.29, 1.82) is 0 Å². The molecule has 2 aliphatic heterocycles. The van der Waals surface area contributed by atoms with Gasteiger partial charge in [-0.25, -0.2) is 0 Å². The molecule has 0 unspecified atom stereocenters. The fraction of sp³-hybridized carbons (Fsp3) is 0.154. The normalized spacial score (nSPS) is 18.1. The van der Waals surface area contributed by atoms with Crippen molar-refractivity contribution in [2.75, 3.05) is 18.8 Å². The van der Waals surface area contributed by atoms with Gasteiger partial charge >= 0.3 is 0 Å². The van der Waals surface area contributed by atoms with Crippen molar-refractivity contribution < 1.29 is 23.6 Å². The summed E-state index contributed by atoms with van der Waals surface area (Å²) in [6, 6.07) is 18.7. The summed E-state index contributed by atoms with van der Waals surface area (Å²) in [6.45, 7) is 0.167. The number of rotatable bonds is 6. The van der Waals surface area contributed by atoms with Gasteiger partial charge in [0.25, 0.3) is 5.69 Å². The summed E-state index contributed by atoms with van der Waals surface area (Å²) in [5.74, 6) is 2.77. The maximum Gasteiger partial charge on any atom is 0.273 e. The highest BCUT2D eigenvalue weighted by Crippen LogP contribution is 2.46. The van der Waals surface area contributed by atoms with Crippen molar-refractivity contribution in [3.63, 3.8) is 0 Å². The number of pyridine rings is 1. The number of aromatic nitrogens is 1. The number of ether oxygens (including phenoxy) is 3. The van der Waals surface area contributed by atoms with Crippen LogP contribution in [0.2, 0.25) is 0 Å². The van der Waals surface area contributed by atoms with Crippen LogP contribution in [-0.2, 0) is 0 Å². The van der Waals surface area contributed by atoms with Crippen molar-refractivity contribution in [3.8, 4) is 28.6 Å². The minimum Gasteiger partial charge on any atom is -0.496 e. The number of nitrogens with zero attached hydrogens (tertiary/aromatic N) is 3. The van der Waals surface area contributed by atoms with Crippen LogP contribution in [-0.4, -0.2) is 28.9 Å². The Kier molecular flexibility index (Phi) is 5.61. The summed E-state index contributed by atoms with van der Waals surface area (Å²) < 4.78 is 22.8. The first-order valence-electron chi connectivity index (χ1n) is 11.4. The molecule has 1 N–H and O–H groups in total. The minimum atomic E-state index is -0.467. The molecule has 2 aromatic carbocycles. The highest BCUT2D eigenvalue weighted by molar-refractivity contribution is 7.80. The Labute approximate surface area is 216 Å². The third-order valence-corrected chi connectivity index (χ3v) is 6.63. The Morgan fingerprint density at radius 1 is 1.11 bits per heavy atom. The predicted octanol–water partition coefficient (Wildman–Crippen LogP) is 5.16. The van der Waals surface area contributed by atoms with E-state index in [0.717, 1.165) is 11.4 Å². The lowest BCUT2D eigenvalue weighted by Crippen LogP contribution is -2.29. The number of fused-ring (bicyclic) bond motifs is 1. The molecule has 0 aliphatic carbocycles. The Hall–Kier alpha value is -4.64. The van der Waals surface area contributed by atoms with Gasteiger partial charge < -0.3 is 28.8 Å². The first-order valence-corrected chi connectivity index (χ1v) is 11.8. The average Bonchev–Trinajstić information content (AvgIpc) is 3.66. The van der Waals surface area contributed by atoms with Gasteiger partial charge in [-0.05, 0) is 54.7 Å². The first-order chi connectivity index (χ1) is 18.0. The maximum absolute atomic E-state index is 11.2. The lowest BCUT2D eigenvalue weighted by molar-refractivity contribution is -0.384. The number of anilines is 1. The van der Waals surface area contributed by atoms with Crippen LogP contribution in [0.25, 0.3) is 11.3 Å². The smallest absolute Gasteiger partial charge is 0.273 e. The van der Waals surface area contributed by atoms with Gasteiger partial charge in [-0.15, -0.1) is 0 Å². The largest absolute Gasteiger partial charge is 0.496 e. The molecule has 2 aliphatic rings. The van der Waals surface area contributed by atoms with Gasteiger partial charge in [0.05, 0.1) is 35.4 Å². The minimum absolute atomic E-state index is 0.0677. The topological polar surface area (TPSA) is 112 Å². The molecule has 1 saturated heterocycles. The molecule has 0 saturated carbocycles. The van der Waals surface area contributed by atoms with Crippen LogP contribution in [0.3, 0.4) is 0 Å². The zero-order chi connectivity index (χ0) is 25.5. The fourth-order valence-electron chi connectivity index (χ4n) is 4.61. The number of hydrogen-bond donors (Lipinski definition) is 1. The molecule has 10 nitrogen and oxygen atoms in total. The monoisotopic (exact) mass is 516 g/mol. The molecule has 0 bridgehead atoms. The zero-order valence-corrected chi connectivity index (χ0v) is 20.3. The van der Waals surface area contributed by atoms with Crippen molar-refractivity contribution in [2.24, 2.45) is 0 Å². The molecule has 2 aromatic heterocycles. The van der Waals surface area contributed by atoms with Crippen LogP contribution >= 0.6 is 12.2 Å². The van der Waals surface area contributed by atoms with Crippen LogP contribution in [0.4, 0.5) is 11.4 Å². The van der Waals surface area contributed by atoms with Crippen LogP contribution in [0.1, 0.15) is 23.5 Å². The van der Waals surface area contributed by atoms with E-state index >= 15 is 0 Å². The molecule has 0 amide bonds. The molecular weight excluding hydrogens is 496 g/mol. The van der Waals surface area contributed by atoms with Gasteiger partial charge in [0.1, 0.15) is 23.3 Å². The van der Waals surface area contributed by atoms with Crippen LogP contribution < -0.4 is 24.4 Å². The van der Waals surface area contributed by atoms with E-state index in [2.05, 4.69) is 10.3 Å². The molecule has 0 radical (unpaired) electrons. The number of nitrogens with one attached hydrogen (secondary N) is 1. The SMILES string of the molecule is COc1cc([N+](=O)[O-])ccc1-c1ccc([C@H]2[C@H](c3ccccn3)NC(=S)N2c2ccc3c(c2)OCO3)o1. The maximum atomic E-state index is 11.2. The number of benzene rings is 2. The van der Waals surface area contributed by atoms with E-state index in [1.165, 1.54) is 19.2 Å². The van der Waals surface area contributed by atoms with E-state index in [0.29, 0.717) is 39.4 Å². The molecule has 0 spiro atoms. The second-order valence-electron chi connectivity index (χ2n) is 8.38. The van der Waals surface area contributed by atoms with Crippen LogP contribution in [0, 0.1) is 10.1 Å². The van der Waals surface area contributed by atoms with Crippen molar-refractivity contribution in [2.45, 2.75) is 12.1 Å². The van der Waals surface area contributed by atoms with Crippen LogP contribution in [0.5, 0.6) is 17.2 Å². The Bertz CT molecular complexity index is 1510. The number of thiocarbonyl (C=S) groups is 1. The van der Waals surface area contributed by atoms with Crippen molar-refractivity contribution in [3.05, 3.63) is 94.5 Å². The number of nitro benzene ring substituents is 1. The number of nitro groups is 1. The summed E-state index contributed by atoms with van der Waals surface area (Å²) in [6.07, 6.45) is 1.73. The predicted molar refractivity (Wildman–Crippen MR) is 138 cm³/mol. The number of methoxy groups -OCH3 is 1. The van der Waals surface area contributed by atoms with E-state index in [-0.39, 0.29) is 24.6 Å². The Balaban J connectivity index is 1.44. The highest BCUT2D eigenvalue weighted by atomic mass is 32.1. The van der Waals surface area contributed by atoms with E-state index in [1.54, 1.807) is 12.3 Å². The van der Waals surface area contributed by atoms with Gasteiger partial charge in [-0.2, -0.15) is 0 Å². The Morgan fingerprint density at radius 2 is 1.97 bits per heavy atom. The molecule has 4 aromatic rings. The lowest BCUT2D eigenvalue weighted by Gasteiger charge is -2.26. The van der Waals surface area contributed by atoms with Crippen molar-refractivity contribution in [1.82, 2.24) is 10.3 Å². The quantitative estimate of drug-likeness (QED) is 0.209. The molecular formula is C26H20N4O6S. The number of hydrogen-bond acceptors (Lipinski definition) is 8. The van der Waals surface area contributed by atoms with Gasteiger partial charge in [-0.3, -0.25) is 15.1 Å². The molecule has 1 fully saturated rings.